The summed E-state index contributed by atoms with van der Waals surface area (Å²) in [6.07, 6.45) is 2.29. The number of aromatic nitrogens is 3. The summed E-state index contributed by atoms with van der Waals surface area (Å²) in [5.74, 6) is 0.840. The molecule has 2 aliphatic heterocycles. The van der Waals surface area contributed by atoms with Gasteiger partial charge in [-0.3, -0.25) is 14.3 Å². The summed E-state index contributed by atoms with van der Waals surface area (Å²) >= 11 is 0. The van der Waals surface area contributed by atoms with E-state index in [1.54, 1.807) is 6.07 Å². The van der Waals surface area contributed by atoms with E-state index >= 15 is 0 Å². The van der Waals surface area contributed by atoms with Gasteiger partial charge in [-0.05, 0) is 51.2 Å². The van der Waals surface area contributed by atoms with Gasteiger partial charge in [-0.2, -0.15) is 5.10 Å². The zero-order chi connectivity index (χ0) is 20.7. The molecule has 0 radical (unpaired) electrons. The molecule has 0 aromatic carbocycles. The predicted octanol–water partition coefficient (Wildman–Crippen LogP) is 2.82. The number of pyridine rings is 1. The molecule has 154 valence electrons. The first-order valence-corrected chi connectivity index (χ1v) is 10.5. The van der Waals surface area contributed by atoms with E-state index in [-0.39, 0.29) is 17.4 Å². The topological polar surface area (TPSA) is 60.1 Å². The lowest BCUT2D eigenvalue weighted by molar-refractivity contribution is -0.133. The Labute approximate surface area is 171 Å². The van der Waals surface area contributed by atoms with Crippen LogP contribution in [0.25, 0.3) is 0 Å². The molecule has 1 saturated heterocycles. The Morgan fingerprint density at radius 1 is 1.24 bits per heavy atom. The lowest BCUT2D eigenvalue weighted by Gasteiger charge is -2.42. The van der Waals surface area contributed by atoms with Gasteiger partial charge in [0, 0.05) is 49.4 Å². The van der Waals surface area contributed by atoms with Crippen molar-refractivity contribution in [1.82, 2.24) is 19.2 Å². The lowest BCUT2D eigenvalue weighted by atomic mass is 9.83. The molecule has 0 spiro atoms. The third-order valence-corrected chi connectivity index (χ3v) is 6.37. The molecule has 2 aromatic rings. The van der Waals surface area contributed by atoms with Crippen molar-refractivity contribution in [3.8, 4) is 0 Å². The number of rotatable bonds is 5. The largest absolute Gasteiger partial charge is 0.342 e. The molecule has 0 aliphatic carbocycles. The molecule has 0 N–H and O–H groups in total. The van der Waals surface area contributed by atoms with E-state index in [9.17, 15) is 9.59 Å². The number of carbonyl (C=O) groups is 1. The summed E-state index contributed by atoms with van der Waals surface area (Å²) in [6, 6.07) is 5.51. The fraction of sp³-hybridized carbons (Fsp3) is 0.522. The molecule has 0 unspecified atom stereocenters. The van der Waals surface area contributed by atoms with Crippen molar-refractivity contribution < 1.29 is 4.79 Å². The van der Waals surface area contributed by atoms with Crippen LogP contribution in [0, 0.1) is 19.8 Å². The minimum atomic E-state index is 0.0784. The number of allylic oxidation sites excluding steroid dienone is 1. The molecule has 6 nitrogen and oxygen atoms in total. The zero-order valence-corrected chi connectivity index (χ0v) is 17.6. The van der Waals surface area contributed by atoms with E-state index in [4.69, 9.17) is 0 Å². The Bertz CT molecular complexity index is 1020. The van der Waals surface area contributed by atoms with Gasteiger partial charge < -0.3 is 9.47 Å². The monoisotopic (exact) mass is 394 g/mol. The van der Waals surface area contributed by atoms with E-state index < -0.39 is 0 Å². The Kier molecular flexibility index (Phi) is 5.19. The standard InChI is InChI=1S/C23H30N4O2/c1-15(2)11-27-17(4)20(16(3)24-27)8-9-22(28)25-12-18-10-19(14-25)21-6-5-7-23(29)26(21)13-18/h5-7,18-19H,1,8-14H2,2-4H3/t18-,19+/m1/s1. The maximum Gasteiger partial charge on any atom is 0.250 e. The average Bonchev–Trinajstić information content (AvgIpc) is 2.93. The van der Waals surface area contributed by atoms with Crippen molar-refractivity contribution in [2.45, 2.75) is 59.0 Å². The number of carbonyl (C=O) groups excluding carboxylic acids is 1. The van der Waals surface area contributed by atoms with Gasteiger partial charge in [0.15, 0.2) is 0 Å². The van der Waals surface area contributed by atoms with Gasteiger partial charge >= 0.3 is 0 Å². The number of piperidine rings is 1. The molecule has 4 heterocycles. The van der Waals surface area contributed by atoms with E-state index in [0.717, 1.165) is 48.7 Å². The first-order chi connectivity index (χ1) is 13.8. The fourth-order valence-corrected chi connectivity index (χ4v) is 5.00. The van der Waals surface area contributed by atoms with Crippen molar-refractivity contribution in [1.29, 1.82) is 0 Å². The second kappa shape index (κ2) is 7.65. The van der Waals surface area contributed by atoms with Crippen LogP contribution < -0.4 is 5.56 Å². The number of amides is 1. The van der Waals surface area contributed by atoms with E-state index in [1.807, 2.05) is 40.1 Å². The second-order valence-corrected chi connectivity index (χ2v) is 8.76. The molecule has 4 rings (SSSR count). The van der Waals surface area contributed by atoms with E-state index in [1.165, 1.54) is 5.56 Å². The average molecular weight is 395 g/mol. The Morgan fingerprint density at radius 2 is 2.03 bits per heavy atom. The molecular formula is C23H30N4O2. The van der Waals surface area contributed by atoms with Crippen molar-refractivity contribution in [2.24, 2.45) is 5.92 Å². The Hall–Kier alpha value is -2.63. The summed E-state index contributed by atoms with van der Waals surface area (Å²) < 4.78 is 3.89. The summed E-state index contributed by atoms with van der Waals surface area (Å²) in [7, 11) is 0. The van der Waals surface area contributed by atoms with E-state index in [2.05, 4.69) is 18.6 Å². The smallest absolute Gasteiger partial charge is 0.250 e. The molecule has 2 atom stereocenters. The van der Waals surface area contributed by atoms with Crippen LogP contribution in [-0.4, -0.2) is 38.2 Å². The summed E-state index contributed by atoms with van der Waals surface area (Å²) in [5.41, 5.74) is 5.53. The van der Waals surface area contributed by atoms with Crippen LogP contribution in [0.1, 0.15) is 48.3 Å². The maximum atomic E-state index is 13.0. The van der Waals surface area contributed by atoms with Crippen molar-refractivity contribution in [3.05, 3.63) is 63.4 Å². The van der Waals surface area contributed by atoms with E-state index in [0.29, 0.717) is 25.3 Å². The van der Waals surface area contributed by atoms with Crippen LogP contribution >= 0.6 is 0 Å². The molecule has 1 fully saturated rings. The number of hydrogen-bond donors (Lipinski definition) is 0. The highest BCUT2D eigenvalue weighted by Crippen LogP contribution is 2.35. The third-order valence-electron chi connectivity index (χ3n) is 6.37. The highest BCUT2D eigenvalue weighted by Gasteiger charge is 2.36. The van der Waals surface area contributed by atoms with Crippen LogP contribution in [0.15, 0.2) is 35.1 Å². The fourth-order valence-electron chi connectivity index (χ4n) is 5.00. The van der Waals surface area contributed by atoms with Gasteiger partial charge in [0.1, 0.15) is 0 Å². The number of likely N-dealkylation sites (tertiary alicyclic amines) is 1. The molecule has 0 saturated carbocycles. The molecule has 2 bridgehead atoms. The number of nitrogens with zero attached hydrogens (tertiary/aromatic N) is 4. The van der Waals surface area contributed by atoms with Crippen molar-refractivity contribution in [3.63, 3.8) is 0 Å². The summed E-state index contributed by atoms with van der Waals surface area (Å²) in [6.45, 7) is 13.0. The third kappa shape index (κ3) is 3.80. The molecule has 1 amide bonds. The van der Waals surface area contributed by atoms with Crippen molar-refractivity contribution >= 4 is 5.91 Å². The van der Waals surface area contributed by atoms with Crippen molar-refractivity contribution in [2.75, 3.05) is 13.1 Å². The van der Waals surface area contributed by atoms with Gasteiger partial charge in [0.25, 0.3) is 5.56 Å². The van der Waals surface area contributed by atoms with Crippen LogP contribution in [0.4, 0.5) is 0 Å². The second-order valence-electron chi connectivity index (χ2n) is 8.76. The maximum absolute atomic E-state index is 13.0. The molecule has 29 heavy (non-hydrogen) atoms. The minimum Gasteiger partial charge on any atom is -0.342 e. The lowest BCUT2D eigenvalue weighted by Crippen LogP contribution is -2.49. The Morgan fingerprint density at radius 3 is 2.79 bits per heavy atom. The zero-order valence-electron chi connectivity index (χ0n) is 17.6. The highest BCUT2D eigenvalue weighted by molar-refractivity contribution is 5.76. The Balaban J connectivity index is 1.44. The van der Waals surface area contributed by atoms with Gasteiger partial charge in [0.2, 0.25) is 5.91 Å². The first kappa shape index (κ1) is 19.7. The van der Waals surface area contributed by atoms with Gasteiger partial charge in [-0.25, -0.2) is 0 Å². The predicted molar refractivity (Wildman–Crippen MR) is 113 cm³/mol. The van der Waals surface area contributed by atoms with Crippen LogP contribution in [0.2, 0.25) is 0 Å². The highest BCUT2D eigenvalue weighted by atomic mass is 16.2. The molecule has 2 aromatic heterocycles. The number of hydrogen-bond acceptors (Lipinski definition) is 3. The molecule has 2 aliphatic rings. The molecular weight excluding hydrogens is 364 g/mol. The van der Waals surface area contributed by atoms with Gasteiger partial charge in [-0.1, -0.05) is 18.2 Å². The molecule has 6 heteroatoms. The normalized spacial score (nSPS) is 20.4. The number of aryl methyl sites for hydroxylation is 1. The summed E-state index contributed by atoms with van der Waals surface area (Å²) in [5, 5.41) is 4.62. The van der Waals surface area contributed by atoms with Crippen LogP contribution in [0.5, 0.6) is 0 Å². The van der Waals surface area contributed by atoms with Crippen LogP contribution in [0.3, 0.4) is 0 Å². The summed E-state index contributed by atoms with van der Waals surface area (Å²) in [4.78, 5) is 27.2. The SMILES string of the molecule is C=C(C)Cn1nc(C)c(CCC(=O)N2C[C@H]3C[C@@H](C2)c2cccc(=O)n2C3)c1C. The van der Waals surface area contributed by atoms with Gasteiger partial charge in [0.05, 0.1) is 12.2 Å². The number of fused-ring (bicyclic) bond motifs is 4. The quantitative estimate of drug-likeness (QED) is 0.733. The van der Waals surface area contributed by atoms with Gasteiger partial charge in [-0.15, -0.1) is 0 Å². The minimum absolute atomic E-state index is 0.0784. The van der Waals surface area contributed by atoms with Crippen LogP contribution in [-0.2, 0) is 24.3 Å². The first-order valence-electron chi connectivity index (χ1n) is 10.5.